The lowest BCUT2D eigenvalue weighted by molar-refractivity contribution is -0.120. The Morgan fingerprint density at radius 1 is 1.21 bits per heavy atom. The van der Waals surface area contributed by atoms with E-state index in [2.05, 4.69) is 17.6 Å². The van der Waals surface area contributed by atoms with Crippen molar-refractivity contribution in [2.45, 2.75) is 12.8 Å². The van der Waals surface area contributed by atoms with Crippen molar-refractivity contribution in [3.8, 4) is 0 Å². The Morgan fingerprint density at radius 2 is 1.95 bits per heavy atom. The zero-order valence-electron chi connectivity index (χ0n) is 10.9. The van der Waals surface area contributed by atoms with Gasteiger partial charge in [0.15, 0.2) is 0 Å². The molecule has 1 heterocycles. The number of hydrogen-bond donors (Lipinski definition) is 1. The summed E-state index contributed by atoms with van der Waals surface area (Å²) in [5.41, 5.74) is 2.20. The SMILES string of the molecule is Cn1ccc(CCNC(=O)Cc2ccc(Cl)cc2)c1. The van der Waals surface area contributed by atoms with Crippen molar-refractivity contribution < 1.29 is 4.79 Å². The van der Waals surface area contributed by atoms with Gasteiger partial charge in [-0.2, -0.15) is 0 Å². The van der Waals surface area contributed by atoms with E-state index in [0.717, 1.165) is 12.0 Å². The van der Waals surface area contributed by atoms with Crippen LogP contribution in [0.3, 0.4) is 0 Å². The summed E-state index contributed by atoms with van der Waals surface area (Å²) < 4.78 is 2.00. The third-order valence-electron chi connectivity index (χ3n) is 2.91. The van der Waals surface area contributed by atoms with E-state index in [1.165, 1.54) is 5.56 Å². The van der Waals surface area contributed by atoms with Crippen molar-refractivity contribution in [1.29, 1.82) is 0 Å². The van der Waals surface area contributed by atoms with Gasteiger partial charge in [0.1, 0.15) is 0 Å². The first-order valence-corrected chi connectivity index (χ1v) is 6.63. The topological polar surface area (TPSA) is 34.0 Å². The average Bonchev–Trinajstić information content (AvgIpc) is 2.78. The van der Waals surface area contributed by atoms with Gasteiger partial charge >= 0.3 is 0 Å². The lowest BCUT2D eigenvalue weighted by Gasteiger charge is -2.04. The molecule has 1 aromatic heterocycles. The fraction of sp³-hybridized carbons (Fsp3) is 0.267. The Morgan fingerprint density at radius 3 is 2.58 bits per heavy atom. The molecule has 4 heteroatoms. The highest BCUT2D eigenvalue weighted by Crippen LogP contribution is 2.09. The van der Waals surface area contributed by atoms with Crippen molar-refractivity contribution in [3.05, 3.63) is 58.9 Å². The summed E-state index contributed by atoms with van der Waals surface area (Å²) in [6, 6.07) is 9.41. The monoisotopic (exact) mass is 276 g/mol. The smallest absolute Gasteiger partial charge is 0.224 e. The molecular weight excluding hydrogens is 260 g/mol. The third-order valence-corrected chi connectivity index (χ3v) is 3.16. The molecule has 2 rings (SSSR count). The van der Waals surface area contributed by atoms with Crippen LogP contribution in [-0.4, -0.2) is 17.0 Å². The second kappa shape index (κ2) is 6.43. The molecule has 2 aromatic rings. The van der Waals surface area contributed by atoms with Crippen LogP contribution >= 0.6 is 11.6 Å². The zero-order chi connectivity index (χ0) is 13.7. The van der Waals surface area contributed by atoms with Crippen molar-refractivity contribution in [2.75, 3.05) is 6.54 Å². The minimum atomic E-state index is 0.0400. The van der Waals surface area contributed by atoms with Crippen LogP contribution in [0.15, 0.2) is 42.7 Å². The number of rotatable bonds is 5. The second-order valence-corrected chi connectivity index (χ2v) is 5.02. The first-order valence-electron chi connectivity index (χ1n) is 6.25. The summed E-state index contributed by atoms with van der Waals surface area (Å²) in [5, 5.41) is 3.61. The molecule has 19 heavy (non-hydrogen) atoms. The normalized spacial score (nSPS) is 10.4. The number of benzene rings is 1. The van der Waals surface area contributed by atoms with Gasteiger partial charge in [-0.25, -0.2) is 0 Å². The number of carbonyl (C=O) groups excluding carboxylic acids is 1. The molecule has 0 saturated heterocycles. The molecule has 0 spiro atoms. The van der Waals surface area contributed by atoms with E-state index >= 15 is 0 Å². The highest BCUT2D eigenvalue weighted by atomic mass is 35.5. The van der Waals surface area contributed by atoms with E-state index in [1.807, 2.05) is 29.9 Å². The van der Waals surface area contributed by atoms with E-state index < -0.39 is 0 Å². The summed E-state index contributed by atoms with van der Waals surface area (Å²) >= 11 is 5.80. The van der Waals surface area contributed by atoms with Crippen molar-refractivity contribution in [3.63, 3.8) is 0 Å². The van der Waals surface area contributed by atoms with Gasteiger partial charge < -0.3 is 9.88 Å². The van der Waals surface area contributed by atoms with E-state index in [9.17, 15) is 4.79 Å². The molecule has 0 saturated carbocycles. The van der Waals surface area contributed by atoms with Crippen molar-refractivity contribution in [1.82, 2.24) is 9.88 Å². The average molecular weight is 277 g/mol. The molecule has 1 aromatic carbocycles. The Kier molecular flexibility index (Phi) is 4.63. The molecule has 0 unspecified atom stereocenters. The highest BCUT2D eigenvalue weighted by Gasteiger charge is 2.03. The lowest BCUT2D eigenvalue weighted by atomic mass is 10.1. The van der Waals surface area contributed by atoms with Crippen LogP contribution in [0, 0.1) is 0 Å². The van der Waals surface area contributed by atoms with E-state index in [0.29, 0.717) is 18.0 Å². The van der Waals surface area contributed by atoms with Gasteiger partial charge in [0.2, 0.25) is 5.91 Å². The molecule has 0 bridgehead atoms. The molecule has 0 radical (unpaired) electrons. The Labute approximate surface area is 118 Å². The van der Waals surface area contributed by atoms with Gasteiger partial charge in [-0.15, -0.1) is 0 Å². The number of hydrogen-bond acceptors (Lipinski definition) is 1. The maximum atomic E-state index is 11.7. The van der Waals surface area contributed by atoms with Gasteiger partial charge in [-0.3, -0.25) is 4.79 Å². The summed E-state index contributed by atoms with van der Waals surface area (Å²) in [7, 11) is 1.99. The molecule has 0 aliphatic rings. The summed E-state index contributed by atoms with van der Waals surface area (Å²) in [5.74, 6) is 0.0400. The first-order chi connectivity index (χ1) is 9.13. The number of amides is 1. The third kappa shape index (κ3) is 4.45. The molecule has 0 atom stereocenters. The van der Waals surface area contributed by atoms with Crippen LogP contribution in [0.5, 0.6) is 0 Å². The van der Waals surface area contributed by atoms with E-state index in [-0.39, 0.29) is 5.91 Å². The number of nitrogens with one attached hydrogen (secondary N) is 1. The number of carbonyl (C=O) groups is 1. The van der Waals surface area contributed by atoms with Gasteiger partial charge in [0, 0.05) is 31.0 Å². The number of aromatic nitrogens is 1. The lowest BCUT2D eigenvalue weighted by Crippen LogP contribution is -2.27. The number of nitrogens with zero attached hydrogens (tertiary/aromatic N) is 1. The molecule has 0 aliphatic heterocycles. The first kappa shape index (κ1) is 13.7. The van der Waals surface area contributed by atoms with E-state index in [4.69, 9.17) is 11.6 Å². The summed E-state index contributed by atoms with van der Waals surface area (Å²) in [6.07, 6.45) is 5.31. The Hall–Kier alpha value is -1.74. The molecule has 100 valence electrons. The fourth-order valence-electron chi connectivity index (χ4n) is 1.91. The van der Waals surface area contributed by atoms with Gasteiger partial charge in [0.25, 0.3) is 0 Å². The van der Waals surface area contributed by atoms with Gasteiger partial charge in [-0.1, -0.05) is 23.7 Å². The predicted octanol–water partition coefficient (Wildman–Crippen LogP) is 2.58. The molecule has 0 aliphatic carbocycles. The van der Waals surface area contributed by atoms with E-state index in [1.54, 1.807) is 12.1 Å². The zero-order valence-corrected chi connectivity index (χ0v) is 11.7. The van der Waals surface area contributed by atoms with Gasteiger partial charge in [-0.05, 0) is 35.7 Å². The van der Waals surface area contributed by atoms with Crippen LogP contribution in [0.4, 0.5) is 0 Å². The quantitative estimate of drug-likeness (QED) is 0.895. The predicted molar refractivity (Wildman–Crippen MR) is 77.3 cm³/mol. The Balaban J connectivity index is 1.74. The second-order valence-electron chi connectivity index (χ2n) is 4.59. The van der Waals surface area contributed by atoms with Crippen LogP contribution in [0.2, 0.25) is 5.02 Å². The van der Waals surface area contributed by atoms with Crippen LogP contribution in [0.25, 0.3) is 0 Å². The minimum Gasteiger partial charge on any atom is -0.357 e. The Bertz CT molecular complexity index is 546. The number of halogens is 1. The van der Waals surface area contributed by atoms with Gasteiger partial charge in [0.05, 0.1) is 6.42 Å². The fourth-order valence-corrected chi connectivity index (χ4v) is 2.03. The minimum absolute atomic E-state index is 0.0400. The summed E-state index contributed by atoms with van der Waals surface area (Å²) in [6.45, 7) is 0.663. The van der Waals surface area contributed by atoms with Crippen LogP contribution < -0.4 is 5.32 Å². The molecular formula is C15H17ClN2O. The highest BCUT2D eigenvalue weighted by molar-refractivity contribution is 6.30. The van der Waals surface area contributed by atoms with Crippen LogP contribution in [0.1, 0.15) is 11.1 Å². The van der Waals surface area contributed by atoms with Crippen molar-refractivity contribution >= 4 is 17.5 Å². The van der Waals surface area contributed by atoms with Crippen molar-refractivity contribution in [2.24, 2.45) is 7.05 Å². The summed E-state index contributed by atoms with van der Waals surface area (Å²) in [4.78, 5) is 11.7. The molecule has 0 fully saturated rings. The molecule has 3 nitrogen and oxygen atoms in total. The maximum Gasteiger partial charge on any atom is 0.224 e. The van der Waals surface area contributed by atoms with Crippen LogP contribution in [-0.2, 0) is 24.7 Å². The molecule has 1 N–H and O–H groups in total. The largest absolute Gasteiger partial charge is 0.357 e. The standard InChI is InChI=1S/C15H17ClN2O/c1-18-9-7-13(11-18)6-8-17-15(19)10-12-2-4-14(16)5-3-12/h2-5,7,9,11H,6,8,10H2,1H3,(H,17,19). The molecule has 1 amide bonds. The number of aryl methyl sites for hydroxylation is 1. The maximum absolute atomic E-state index is 11.7.